The van der Waals surface area contributed by atoms with Gasteiger partial charge in [-0.1, -0.05) is 12.8 Å². The molecule has 156 valence electrons. The highest BCUT2D eigenvalue weighted by Crippen LogP contribution is 2.22. The fraction of sp³-hybridized carbons (Fsp3) is 0.833. The lowest BCUT2D eigenvalue weighted by Gasteiger charge is -2.34. The lowest BCUT2D eigenvalue weighted by atomic mass is 10.0. The summed E-state index contributed by atoms with van der Waals surface area (Å²) in [5, 5.41) is 7.22. The highest BCUT2D eigenvalue weighted by atomic mass is 32.2. The normalized spacial score (nSPS) is 27.9. The molecule has 28 heavy (non-hydrogen) atoms. The fourth-order valence-electron chi connectivity index (χ4n) is 4.69. The molecule has 3 aliphatic rings. The van der Waals surface area contributed by atoms with Crippen molar-refractivity contribution < 1.29 is 13.2 Å². The Bertz CT molecular complexity index is 884. The van der Waals surface area contributed by atoms with Crippen LogP contribution in [0.15, 0.2) is 4.79 Å². The first kappa shape index (κ1) is 19.6. The van der Waals surface area contributed by atoms with E-state index in [1.54, 1.807) is 4.57 Å². The molecule has 9 nitrogen and oxygen atoms in total. The average Bonchev–Trinajstić information content (AvgIpc) is 3.00. The van der Waals surface area contributed by atoms with Crippen LogP contribution < -0.4 is 11.0 Å². The molecule has 2 saturated heterocycles. The number of nitrogens with one attached hydrogen (secondary N) is 1. The third kappa shape index (κ3) is 4.17. The summed E-state index contributed by atoms with van der Waals surface area (Å²) in [4.78, 5) is 27.3. The summed E-state index contributed by atoms with van der Waals surface area (Å²) in [6.07, 6.45) is 7.07. The maximum Gasteiger partial charge on any atom is 0.346 e. The van der Waals surface area contributed by atoms with Crippen LogP contribution in [0, 0.1) is 0 Å². The summed E-state index contributed by atoms with van der Waals surface area (Å²) in [6.45, 7) is 2.23. The minimum Gasteiger partial charge on any atom is -0.349 e. The molecule has 2 atom stereocenters. The molecule has 3 aliphatic heterocycles. The Morgan fingerprint density at radius 2 is 1.75 bits per heavy atom. The average molecular weight is 412 g/mol. The monoisotopic (exact) mass is 411 g/mol. The van der Waals surface area contributed by atoms with Crippen LogP contribution >= 0.6 is 0 Å². The van der Waals surface area contributed by atoms with Crippen LogP contribution in [0.2, 0.25) is 0 Å². The van der Waals surface area contributed by atoms with E-state index < -0.39 is 15.9 Å². The Labute approximate surface area is 165 Å². The standard InChI is InChI=1S/C18H29N5O4S/c24-17(11-23-18(25)22-10-6-1-3-7-16(22)20-23)19-14-12-28(26,27)13-15(14)21-8-4-2-5-9-21/h14-15H,1-13H2,(H,19,24). The number of piperidine rings is 1. The quantitative estimate of drug-likeness (QED) is 0.719. The lowest BCUT2D eigenvalue weighted by Crippen LogP contribution is -2.53. The second kappa shape index (κ2) is 7.98. The number of carbonyl (C=O) groups excluding carboxylic acids is 1. The number of likely N-dealkylation sites (tertiary alicyclic amines) is 1. The molecule has 1 aromatic rings. The van der Waals surface area contributed by atoms with E-state index in [0.717, 1.165) is 57.4 Å². The SMILES string of the molecule is O=C(Cn1nc2n(c1=O)CCCCC2)NC1CS(=O)(=O)CC1N1CCCCC1. The highest BCUT2D eigenvalue weighted by Gasteiger charge is 2.42. The van der Waals surface area contributed by atoms with Crippen molar-refractivity contribution in [2.45, 2.75) is 70.1 Å². The number of hydrogen-bond donors (Lipinski definition) is 1. The first-order valence-corrected chi connectivity index (χ1v) is 12.2. The van der Waals surface area contributed by atoms with Gasteiger partial charge < -0.3 is 5.32 Å². The van der Waals surface area contributed by atoms with Gasteiger partial charge in [-0.15, -0.1) is 0 Å². The number of hydrogen-bond acceptors (Lipinski definition) is 6. The van der Waals surface area contributed by atoms with Gasteiger partial charge in [0.15, 0.2) is 9.84 Å². The fourth-order valence-corrected chi connectivity index (χ4v) is 6.65. The van der Waals surface area contributed by atoms with E-state index in [-0.39, 0.29) is 35.7 Å². The van der Waals surface area contributed by atoms with Crippen molar-refractivity contribution in [2.24, 2.45) is 0 Å². The molecule has 10 heteroatoms. The summed E-state index contributed by atoms with van der Waals surface area (Å²) in [5.74, 6) is 0.454. The summed E-state index contributed by atoms with van der Waals surface area (Å²) >= 11 is 0. The molecule has 1 N–H and O–H groups in total. The number of rotatable bonds is 4. The van der Waals surface area contributed by atoms with E-state index in [0.29, 0.717) is 6.54 Å². The number of carbonyl (C=O) groups is 1. The van der Waals surface area contributed by atoms with E-state index in [9.17, 15) is 18.0 Å². The van der Waals surface area contributed by atoms with Crippen molar-refractivity contribution in [1.82, 2.24) is 24.6 Å². The van der Waals surface area contributed by atoms with Crippen LogP contribution in [-0.4, -0.2) is 70.3 Å². The van der Waals surface area contributed by atoms with Crippen molar-refractivity contribution in [2.75, 3.05) is 24.6 Å². The van der Waals surface area contributed by atoms with Crippen LogP contribution in [0.3, 0.4) is 0 Å². The number of sulfone groups is 1. The second-order valence-electron chi connectivity index (χ2n) is 8.23. The third-order valence-electron chi connectivity index (χ3n) is 6.10. The van der Waals surface area contributed by atoms with Crippen LogP contribution in [0.1, 0.15) is 44.3 Å². The summed E-state index contributed by atoms with van der Waals surface area (Å²) in [5.41, 5.74) is -0.251. The Hall–Kier alpha value is -1.68. The molecular formula is C18H29N5O4S. The Kier molecular flexibility index (Phi) is 5.59. The van der Waals surface area contributed by atoms with Gasteiger partial charge >= 0.3 is 5.69 Å². The van der Waals surface area contributed by atoms with Gasteiger partial charge in [-0.25, -0.2) is 17.9 Å². The molecule has 0 bridgehead atoms. The molecule has 0 aliphatic carbocycles. The van der Waals surface area contributed by atoms with E-state index in [4.69, 9.17) is 0 Å². The maximum absolute atomic E-state index is 12.6. The molecule has 2 unspecified atom stereocenters. The molecule has 1 aromatic heterocycles. The summed E-state index contributed by atoms with van der Waals surface area (Å²) < 4.78 is 27.3. The summed E-state index contributed by atoms with van der Waals surface area (Å²) in [6, 6.07) is -0.601. The number of nitrogens with zero attached hydrogens (tertiary/aromatic N) is 4. The van der Waals surface area contributed by atoms with Gasteiger partial charge in [-0.05, 0) is 38.8 Å². The maximum atomic E-state index is 12.6. The Balaban J connectivity index is 1.44. The van der Waals surface area contributed by atoms with Gasteiger partial charge in [0, 0.05) is 19.0 Å². The van der Waals surface area contributed by atoms with E-state index in [1.165, 1.54) is 11.1 Å². The molecular weight excluding hydrogens is 382 g/mol. The van der Waals surface area contributed by atoms with Gasteiger partial charge in [-0.3, -0.25) is 14.3 Å². The predicted molar refractivity (Wildman–Crippen MR) is 104 cm³/mol. The van der Waals surface area contributed by atoms with Gasteiger partial charge in [0.25, 0.3) is 0 Å². The number of amides is 1. The third-order valence-corrected chi connectivity index (χ3v) is 7.82. The number of fused-ring (bicyclic) bond motifs is 1. The Morgan fingerprint density at radius 3 is 2.54 bits per heavy atom. The van der Waals surface area contributed by atoms with Crippen LogP contribution in [0.25, 0.3) is 0 Å². The van der Waals surface area contributed by atoms with Gasteiger partial charge in [-0.2, -0.15) is 5.10 Å². The van der Waals surface area contributed by atoms with Crippen molar-refractivity contribution in [1.29, 1.82) is 0 Å². The van der Waals surface area contributed by atoms with Gasteiger partial charge in [0.2, 0.25) is 5.91 Å². The van der Waals surface area contributed by atoms with Gasteiger partial charge in [0.05, 0.1) is 17.5 Å². The van der Waals surface area contributed by atoms with Crippen LogP contribution in [0.5, 0.6) is 0 Å². The molecule has 1 amide bonds. The van der Waals surface area contributed by atoms with E-state index in [2.05, 4.69) is 15.3 Å². The topological polar surface area (TPSA) is 106 Å². The largest absolute Gasteiger partial charge is 0.349 e. The van der Waals surface area contributed by atoms with Crippen LogP contribution in [-0.2, 0) is 34.1 Å². The molecule has 0 aromatic carbocycles. The Morgan fingerprint density at radius 1 is 1.04 bits per heavy atom. The zero-order chi connectivity index (χ0) is 19.7. The van der Waals surface area contributed by atoms with Crippen molar-refractivity contribution in [3.8, 4) is 0 Å². The minimum absolute atomic E-state index is 0.0332. The smallest absolute Gasteiger partial charge is 0.346 e. The molecule has 4 rings (SSSR count). The minimum atomic E-state index is -3.17. The first-order valence-electron chi connectivity index (χ1n) is 10.3. The molecule has 0 saturated carbocycles. The van der Waals surface area contributed by atoms with Gasteiger partial charge in [0.1, 0.15) is 12.4 Å². The lowest BCUT2D eigenvalue weighted by molar-refractivity contribution is -0.122. The molecule has 4 heterocycles. The molecule has 0 radical (unpaired) electrons. The first-order chi connectivity index (χ1) is 13.4. The van der Waals surface area contributed by atoms with E-state index >= 15 is 0 Å². The zero-order valence-electron chi connectivity index (χ0n) is 16.2. The van der Waals surface area contributed by atoms with E-state index in [1.807, 2.05) is 0 Å². The van der Waals surface area contributed by atoms with Crippen molar-refractivity contribution in [3.05, 3.63) is 16.3 Å². The zero-order valence-corrected chi connectivity index (χ0v) is 17.0. The van der Waals surface area contributed by atoms with Crippen LogP contribution in [0.4, 0.5) is 0 Å². The van der Waals surface area contributed by atoms with Crippen molar-refractivity contribution >= 4 is 15.7 Å². The highest BCUT2D eigenvalue weighted by molar-refractivity contribution is 7.91. The summed E-state index contributed by atoms with van der Waals surface area (Å²) in [7, 11) is -3.17. The number of aryl methyl sites for hydroxylation is 1. The predicted octanol–water partition coefficient (Wildman–Crippen LogP) is -0.461. The second-order valence-corrected chi connectivity index (χ2v) is 10.4. The molecule has 0 spiro atoms. The molecule has 2 fully saturated rings. The number of aromatic nitrogens is 3. The van der Waals surface area contributed by atoms with Crippen molar-refractivity contribution in [3.63, 3.8) is 0 Å².